The first-order valence-electron chi connectivity index (χ1n) is 33.7. The molecule has 9 nitrogen and oxygen atoms in total. The summed E-state index contributed by atoms with van der Waals surface area (Å²) in [6.07, 6.45) is 69.2. The SMILES string of the molecule is CCCCCCCCCCCCCCCCCCCCCCCCCCCCCCCCCCCCCCCC(=O)OC(COC(=O)CCCCCCCCCCCCCCCCC)COP(=O)([O-])OCC[N+](C)(C)C. The Hall–Kier alpha value is -0.990. The smallest absolute Gasteiger partial charge is 0.306 e. The minimum absolute atomic E-state index is 0.0251. The van der Waals surface area contributed by atoms with E-state index in [1.807, 2.05) is 21.1 Å². The van der Waals surface area contributed by atoms with Crippen LogP contribution in [0.15, 0.2) is 0 Å². The molecule has 2 atom stereocenters. The lowest BCUT2D eigenvalue weighted by Crippen LogP contribution is -2.37. The number of ether oxygens (including phenoxy) is 2. The van der Waals surface area contributed by atoms with Crippen LogP contribution in [0.2, 0.25) is 0 Å². The van der Waals surface area contributed by atoms with E-state index in [1.54, 1.807) is 0 Å². The number of unbranched alkanes of at least 4 members (excludes halogenated alkanes) is 50. The highest BCUT2D eigenvalue weighted by molar-refractivity contribution is 7.45. The molecule has 0 radical (unpaired) electrons. The van der Waals surface area contributed by atoms with E-state index < -0.39 is 26.5 Å². The van der Waals surface area contributed by atoms with Gasteiger partial charge in [-0.05, 0) is 12.8 Å². The number of rotatable bonds is 64. The molecule has 10 heteroatoms. The van der Waals surface area contributed by atoms with Crippen molar-refractivity contribution in [2.24, 2.45) is 0 Å². The molecule has 0 aromatic heterocycles. The Labute approximate surface area is 474 Å². The van der Waals surface area contributed by atoms with E-state index in [0.29, 0.717) is 17.4 Å². The predicted octanol–water partition coefficient (Wildman–Crippen LogP) is 20.8. The summed E-state index contributed by atoms with van der Waals surface area (Å²) in [6.45, 7) is 4.32. The lowest BCUT2D eigenvalue weighted by molar-refractivity contribution is -0.870. The molecule has 2 unspecified atom stereocenters. The summed E-state index contributed by atoms with van der Waals surface area (Å²) in [6, 6.07) is 0. The molecule has 76 heavy (non-hydrogen) atoms. The van der Waals surface area contributed by atoms with E-state index in [9.17, 15) is 19.0 Å². The van der Waals surface area contributed by atoms with E-state index >= 15 is 0 Å². The number of hydrogen-bond acceptors (Lipinski definition) is 8. The normalized spacial score (nSPS) is 13.1. The van der Waals surface area contributed by atoms with Crippen LogP contribution in [0.5, 0.6) is 0 Å². The number of phosphoric acid groups is 1. The van der Waals surface area contributed by atoms with E-state index in [4.69, 9.17) is 18.5 Å². The van der Waals surface area contributed by atoms with Gasteiger partial charge >= 0.3 is 11.9 Å². The van der Waals surface area contributed by atoms with Gasteiger partial charge in [-0.25, -0.2) is 0 Å². The molecule has 454 valence electrons. The van der Waals surface area contributed by atoms with Gasteiger partial charge in [-0.3, -0.25) is 14.2 Å². The van der Waals surface area contributed by atoms with Crippen LogP contribution in [-0.2, 0) is 32.7 Å². The van der Waals surface area contributed by atoms with Gasteiger partial charge in [0.05, 0.1) is 27.7 Å². The van der Waals surface area contributed by atoms with Crippen molar-refractivity contribution in [3.63, 3.8) is 0 Å². The van der Waals surface area contributed by atoms with Crippen molar-refractivity contribution < 1.29 is 42.1 Å². The van der Waals surface area contributed by atoms with Gasteiger partial charge in [0.25, 0.3) is 7.82 Å². The zero-order valence-electron chi connectivity index (χ0n) is 51.7. The molecule has 0 heterocycles. The molecule has 0 aromatic rings. The minimum Gasteiger partial charge on any atom is -0.756 e. The summed E-state index contributed by atoms with van der Waals surface area (Å²) in [5.74, 6) is -0.808. The Kier molecular flexibility index (Phi) is 57.9. The number of esters is 2. The number of carbonyl (C=O) groups excluding carboxylic acids is 2. The maximum absolute atomic E-state index is 12.8. The molecule has 0 fully saturated rings. The number of carbonyl (C=O) groups is 2. The van der Waals surface area contributed by atoms with Crippen molar-refractivity contribution in [1.82, 2.24) is 0 Å². The molecule has 0 saturated carbocycles. The van der Waals surface area contributed by atoms with Crippen molar-refractivity contribution in [2.45, 2.75) is 367 Å². The summed E-state index contributed by atoms with van der Waals surface area (Å²) in [5, 5.41) is 0. The van der Waals surface area contributed by atoms with Gasteiger partial charge in [0.2, 0.25) is 0 Å². The molecule has 0 aromatic carbocycles. The Morgan fingerprint density at radius 1 is 0.355 bits per heavy atom. The molecule has 0 aliphatic carbocycles. The van der Waals surface area contributed by atoms with Gasteiger partial charge in [0.15, 0.2) is 6.10 Å². The van der Waals surface area contributed by atoms with E-state index in [-0.39, 0.29) is 32.0 Å². The molecular formula is C66H132NO8P. The molecule has 0 saturated heterocycles. The van der Waals surface area contributed by atoms with Crippen molar-refractivity contribution in [3.8, 4) is 0 Å². The first-order valence-corrected chi connectivity index (χ1v) is 35.2. The second-order valence-corrected chi connectivity index (χ2v) is 26.0. The highest BCUT2D eigenvalue weighted by Gasteiger charge is 2.22. The fourth-order valence-electron chi connectivity index (χ4n) is 10.4. The maximum Gasteiger partial charge on any atom is 0.306 e. The summed E-state index contributed by atoms with van der Waals surface area (Å²) in [7, 11) is 1.19. The van der Waals surface area contributed by atoms with Crippen molar-refractivity contribution >= 4 is 19.8 Å². The third-order valence-corrected chi connectivity index (χ3v) is 16.6. The maximum atomic E-state index is 12.8. The molecule has 0 N–H and O–H groups in total. The summed E-state index contributed by atoms with van der Waals surface area (Å²) in [5.41, 5.74) is 0. The van der Waals surface area contributed by atoms with Crippen molar-refractivity contribution in [2.75, 3.05) is 47.5 Å². The van der Waals surface area contributed by atoms with Gasteiger partial charge in [0, 0.05) is 12.8 Å². The van der Waals surface area contributed by atoms with Gasteiger partial charge in [-0.2, -0.15) is 0 Å². The van der Waals surface area contributed by atoms with Crippen LogP contribution in [-0.4, -0.2) is 70.0 Å². The molecule has 0 bridgehead atoms. The third kappa shape index (κ3) is 62.2. The number of hydrogen-bond donors (Lipinski definition) is 0. The summed E-state index contributed by atoms with van der Waals surface area (Å²) >= 11 is 0. The lowest BCUT2D eigenvalue weighted by atomic mass is 10.0. The fourth-order valence-corrected chi connectivity index (χ4v) is 11.2. The highest BCUT2D eigenvalue weighted by atomic mass is 31.2. The van der Waals surface area contributed by atoms with Gasteiger partial charge in [-0.1, -0.05) is 335 Å². The van der Waals surface area contributed by atoms with Crippen molar-refractivity contribution in [3.05, 3.63) is 0 Å². The molecule has 0 aliphatic heterocycles. The zero-order valence-corrected chi connectivity index (χ0v) is 52.6. The van der Waals surface area contributed by atoms with Gasteiger partial charge in [0.1, 0.15) is 19.8 Å². The lowest BCUT2D eigenvalue weighted by Gasteiger charge is -2.28. The summed E-state index contributed by atoms with van der Waals surface area (Å²) in [4.78, 5) is 37.9. The van der Waals surface area contributed by atoms with Crippen LogP contribution in [0.4, 0.5) is 0 Å². The second kappa shape index (κ2) is 58.7. The highest BCUT2D eigenvalue weighted by Crippen LogP contribution is 2.38. The van der Waals surface area contributed by atoms with Gasteiger partial charge in [-0.15, -0.1) is 0 Å². The molecule has 0 spiro atoms. The fraction of sp³-hybridized carbons (Fsp3) is 0.970. The topological polar surface area (TPSA) is 111 Å². The Morgan fingerprint density at radius 2 is 0.592 bits per heavy atom. The predicted molar refractivity (Wildman–Crippen MR) is 324 cm³/mol. The van der Waals surface area contributed by atoms with Crippen LogP contribution in [0.3, 0.4) is 0 Å². The molecule has 0 aliphatic rings. The number of phosphoric ester groups is 1. The number of quaternary nitrogens is 1. The van der Waals surface area contributed by atoms with E-state index in [2.05, 4.69) is 13.8 Å². The van der Waals surface area contributed by atoms with Crippen LogP contribution in [0.25, 0.3) is 0 Å². The largest absolute Gasteiger partial charge is 0.756 e. The van der Waals surface area contributed by atoms with Crippen LogP contribution in [0, 0.1) is 0 Å². The minimum atomic E-state index is -4.63. The Bertz CT molecular complexity index is 1240. The zero-order chi connectivity index (χ0) is 55.6. The van der Waals surface area contributed by atoms with Crippen LogP contribution >= 0.6 is 7.82 Å². The molecular weight excluding hydrogens is 966 g/mol. The van der Waals surface area contributed by atoms with Crippen LogP contribution in [0.1, 0.15) is 361 Å². The van der Waals surface area contributed by atoms with E-state index in [0.717, 1.165) is 32.1 Å². The van der Waals surface area contributed by atoms with E-state index in [1.165, 1.54) is 295 Å². The van der Waals surface area contributed by atoms with Crippen molar-refractivity contribution in [1.29, 1.82) is 0 Å². The number of nitrogens with zero attached hydrogens (tertiary/aromatic N) is 1. The van der Waals surface area contributed by atoms with Gasteiger partial charge < -0.3 is 27.9 Å². The Balaban J connectivity index is 3.86. The first kappa shape index (κ1) is 75.0. The quantitative estimate of drug-likeness (QED) is 0.0256. The van der Waals surface area contributed by atoms with Crippen LogP contribution < -0.4 is 4.89 Å². The molecule has 0 amide bonds. The Morgan fingerprint density at radius 3 is 0.842 bits per heavy atom. The first-order chi connectivity index (χ1) is 37.0. The average Bonchev–Trinajstić information content (AvgIpc) is 3.38. The number of likely N-dealkylation sites (N-methyl/N-ethyl adjacent to an activating group) is 1. The third-order valence-electron chi connectivity index (χ3n) is 15.6. The second-order valence-electron chi connectivity index (χ2n) is 24.6. The standard InChI is InChI=1S/C66H132NO8P/c1-6-8-10-12-14-16-18-20-22-23-24-25-26-27-28-29-30-31-32-33-34-35-36-37-38-39-40-41-42-43-45-47-49-51-53-55-57-59-66(69)75-64(63-74-76(70,71)73-61-60-67(3,4)5)62-72-65(68)58-56-54-52-50-48-46-44-21-19-17-15-13-11-9-7-2/h64H,6-63H2,1-5H3. The average molecular weight is 1100 g/mol. The monoisotopic (exact) mass is 1100 g/mol. The summed E-state index contributed by atoms with van der Waals surface area (Å²) < 4.78 is 34.2. The molecule has 0 rings (SSSR count).